The molecule has 3 aromatic rings. The highest BCUT2D eigenvalue weighted by Crippen LogP contribution is 2.47. The Hall–Kier alpha value is -2.26. The fraction of sp³-hybridized carbons (Fsp3) is 0.640. The summed E-state index contributed by atoms with van der Waals surface area (Å²) in [4.78, 5) is 25.4. The number of likely N-dealkylation sites (tertiary alicyclic amines) is 1. The minimum absolute atomic E-state index is 0.205. The van der Waals surface area contributed by atoms with Crippen molar-refractivity contribution >= 4 is 28.6 Å². The summed E-state index contributed by atoms with van der Waals surface area (Å²) in [5.41, 5.74) is 2.08. The van der Waals surface area contributed by atoms with Crippen LogP contribution in [-0.2, 0) is 16.6 Å². The van der Waals surface area contributed by atoms with Crippen LogP contribution in [0.2, 0.25) is 0 Å². The molecule has 0 amide bonds. The maximum Gasteiger partial charge on any atom is 0.185 e. The first-order valence-electron chi connectivity index (χ1n) is 12.6. The van der Waals surface area contributed by atoms with E-state index < -0.39 is 5.41 Å². The minimum atomic E-state index is -0.493. The first-order chi connectivity index (χ1) is 16.5. The lowest BCUT2D eigenvalue weighted by atomic mass is 9.64. The van der Waals surface area contributed by atoms with Crippen LogP contribution in [0.3, 0.4) is 0 Å². The molecule has 0 N–H and O–H groups in total. The molecular weight excluding hydrogens is 448 g/mol. The Bertz CT molecular complexity index is 1250. The van der Waals surface area contributed by atoms with Crippen molar-refractivity contribution in [1.82, 2.24) is 29.8 Å². The second kappa shape index (κ2) is 8.45. The van der Waals surface area contributed by atoms with E-state index in [-0.39, 0.29) is 6.04 Å². The van der Waals surface area contributed by atoms with E-state index in [0.29, 0.717) is 29.8 Å². The number of fused-ring (bicyclic) bond motifs is 3. The van der Waals surface area contributed by atoms with Crippen LogP contribution in [0, 0.1) is 0 Å². The number of hydrogen-bond acceptors (Lipinski definition) is 8. The van der Waals surface area contributed by atoms with Crippen LogP contribution < -0.4 is 0 Å². The average Bonchev–Trinajstić information content (AvgIpc) is 3.58. The third-order valence-corrected chi connectivity index (χ3v) is 9.09. The van der Waals surface area contributed by atoms with Gasteiger partial charge in [-0.1, -0.05) is 11.6 Å². The van der Waals surface area contributed by atoms with Gasteiger partial charge in [-0.25, -0.2) is 14.6 Å². The van der Waals surface area contributed by atoms with Crippen molar-refractivity contribution in [3.63, 3.8) is 0 Å². The Labute approximate surface area is 203 Å². The average molecular weight is 481 g/mol. The van der Waals surface area contributed by atoms with Crippen LogP contribution in [0.15, 0.2) is 15.7 Å². The van der Waals surface area contributed by atoms with E-state index >= 15 is 0 Å². The van der Waals surface area contributed by atoms with Gasteiger partial charge < -0.3 is 9.42 Å². The summed E-state index contributed by atoms with van der Waals surface area (Å²) in [6.45, 7) is 3.35. The summed E-state index contributed by atoms with van der Waals surface area (Å²) in [6.07, 6.45) is 12.5. The maximum atomic E-state index is 13.1. The number of rotatable bonds is 4. The molecule has 2 aliphatic carbocycles. The van der Waals surface area contributed by atoms with E-state index in [1.54, 1.807) is 11.8 Å². The molecule has 1 saturated carbocycles. The second-order valence-corrected chi connectivity index (χ2v) is 11.0. The van der Waals surface area contributed by atoms with Crippen LogP contribution in [-0.4, -0.2) is 61.5 Å². The van der Waals surface area contributed by atoms with E-state index in [0.717, 1.165) is 72.5 Å². The maximum absolute atomic E-state index is 13.1. The van der Waals surface area contributed by atoms with E-state index in [9.17, 15) is 4.79 Å². The fourth-order valence-electron chi connectivity index (χ4n) is 6.54. The summed E-state index contributed by atoms with van der Waals surface area (Å²) in [6, 6.07) is 0.646. The summed E-state index contributed by atoms with van der Waals surface area (Å²) in [5, 5.41) is 11.1. The Balaban J connectivity index is 1.46. The second-order valence-electron chi connectivity index (χ2n) is 10.2. The summed E-state index contributed by atoms with van der Waals surface area (Å²) in [5.74, 6) is 1.68. The molecule has 34 heavy (non-hydrogen) atoms. The van der Waals surface area contributed by atoms with Crippen molar-refractivity contribution in [2.24, 2.45) is 0 Å². The Morgan fingerprint density at radius 1 is 1.18 bits per heavy atom. The topological polar surface area (TPSA) is 89.9 Å². The van der Waals surface area contributed by atoms with Crippen LogP contribution in [0.1, 0.15) is 75.7 Å². The molecule has 0 radical (unpaired) electrons. The van der Waals surface area contributed by atoms with Gasteiger partial charge >= 0.3 is 0 Å². The van der Waals surface area contributed by atoms with Crippen LogP contribution in [0.25, 0.3) is 22.6 Å². The molecule has 8 nitrogen and oxygen atoms in total. The van der Waals surface area contributed by atoms with Gasteiger partial charge in [0.2, 0.25) is 0 Å². The highest BCUT2D eigenvalue weighted by atomic mass is 32.2. The molecule has 4 heterocycles. The van der Waals surface area contributed by atoms with Crippen molar-refractivity contribution < 1.29 is 9.32 Å². The Kier molecular flexibility index (Phi) is 5.52. The molecule has 1 spiro atoms. The number of carbonyl (C=O) groups is 1. The molecule has 2 fully saturated rings. The standard InChI is InChI=1S/C25H32N6O2S/c1-15(18-9-7-13-30(18)2)31-23-17(14-26-31)24(34-3)28-22(27-23)20-16-8-6-12-25(21(16)33-29-20)11-5-4-10-19(25)32/h14-15,18H,4-13H2,1-3H3/t15-,18-,25+/m0/s1. The molecule has 1 aliphatic heterocycles. The predicted molar refractivity (Wildman–Crippen MR) is 131 cm³/mol. The van der Waals surface area contributed by atoms with Crippen molar-refractivity contribution in [3.05, 3.63) is 17.5 Å². The third-order valence-electron chi connectivity index (χ3n) is 8.39. The fourth-order valence-corrected chi connectivity index (χ4v) is 7.08. The van der Waals surface area contributed by atoms with Crippen molar-refractivity contribution in [2.75, 3.05) is 19.8 Å². The zero-order valence-corrected chi connectivity index (χ0v) is 21.0. The first kappa shape index (κ1) is 22.2. The zero-order valence-electron chi connectivity index (χ0n) is 20.2. The molecule has 0 bridgehead atoms. The molecule has 9 heteroatoms. The van der Waals surface area contributed by atoms with Crippen molar-refractivity contribution in [3.8, 4) is 11.5 Å². The lowest BCUT2D eigenvalue weighted by molar-refractivity contribution is -0.128. The molecule has 0 aromatic carbocycles. The lowest BCUT2D eigenvalue weighted by Gasteiger charge is -2.36. The highest BCUT2D eigenvalue weighted by molar-refractivity contribution is 7.98. The predicted octanol–water partition coefficient (Wildman–Crippen LogP) is 4.58. The number of thioether (sulfide) groups is 1. The SMILES string of the molecule is CSc1nc(-c2noc3c2CCC[C@@]32CCCCC2=O)nc2c1cnn2[C@@H](C)[C@@H]1CCCN1C. The van der Waals surface area contributed by atoms with Crippen LogP contribution >= 0.6 is 11.8 Å². The first-order valence-corrected chi connectivity index (χ1v) is 13.8. The molecule has 0 unspecified atom stereocenters. The molecule has 3 atom stereocenters. The number of carbonyl (C=O) groups excluding carboxylic acids is 1. The molecule has 3 aromatic heterocycles. The van der Waals surface area contributed by atoms with Gasteiger partial charge in [0.15, 0.2) is 22.9 Å². The summed E-state index contributed by atoms with van der Waals surface area (Å²) < 4.78 is 8.02. The third kappa shape index (κ3) is 3.26. The number of likely N-dealkylation sites (N-methyl/N-ethyl adjacent to an activating group) is 1. The normalized spacial score (nSPS) is 26.4. The minimum Gasteiger partial charge on any atom is -0.359 e. The van der Waals surface area contributed by atoms with Gasteiger partial charge in [-0.05, 0) is 71.7 Å². The lowest BCUT2D eigenvalue weighted by Crippen LogP contribution is -2.41. The Morgan fingerprint density at radius 2 is 2.03 bits per heavy atom. The van der Waals surface area contributed by atoms with E-state index in [2.05, 4.69) is 28.7 Å². The zero-order chi connectivity index (χ0) is 23.4. The monoisotopic (exact) mass is 480 g/mol. The Morgan fingerprint density at radius 3 is 2.79 bits per heavy atom. The molecule has 3 aliphatic rings. The number of ketones is 1. The van der Waals surface area contributed by atoms with Gasteiger partial charge in [0.05, 0.1) is 23.0 Å². The van der Waals surface area contributed by atoms with Gasteiger partial charge in [0.1, 0.15) is 10.8 Å². The van der Waals surface area contributed by atoms with Gasteiger partial charge in [0.25, 0.3) is 0 Å². The van der Waals surface area contributed by atoms with Gasteiger partial charge in [-0.2, -0.15) is 5.10 Å². The van der Waals surface area contributed by atoms with E-state index in [1.165, 1.54) is 12.8 Å². The smallest absolute Gasteiger partial charge is 0.185 e. The van der Waals surface area contributed by atoms with Crippen LogP contribution in [0.4, 0.5) is 0 Å². The molecule has 1 saturated heterocycles. The van der Waals surface area contributed by atoms with Gasteiger partial charge in [-0.15, -0.1) is 11.8 Å². The summed E-state index contributed by atoms with van der Waals surface area (Å²) in [7, 11) is 2.19. The quantitative estimate of drug-likeness (QED) is 0.396. The highest BCUT2D eigenvalue weighted by Gasteiger charge is 2.48. The largest absolute Gasteiger partial charge is 0.359 e. The van der Waals surface area contributed by atoms with E-state index in [1.807, 2.05) is 12.5 Å². The van der Waals surface area contributed by atoms with Crippen LogP contribution in [0.5, 0.6) is 0 Å². The number of nitrogens with zero attached hydrogens (tertiary/aromatic N) is 6. The molecule has 180 valence electrons. The molecular formula is C25H32N6O2S. The number of aromatic nitrogens is 5. The van der Waals surface area contributed by atoms with Gasteiger partial charge in [-0.3, -0.25) is 4.79 Å². The number of Topliss-reactive ketones (excluding diaryl/α,β-unsaturated/α-hetero) is 1. The van der Waals surface area contributed by atoms with Crippen molar-refractivity contribution in [2.45, 2.75) is 87.2 Å². The number of hydrogen-bond donors (Lipinski definition) is 0. The van der Waals surface area contributed by atoms with Gasteiger partial charge in [0, 0.05) is 18.0 Å². The van der Waals surface area contributed by atoms with Crippen molar-refractivity contribution in [1.29, 1.82) is 0 Å². The van der Waals surface area contributed by atoms with E-state index in [4.69, 9.17) is 19.6 Å². The summed E-state index contributed by atoms with van der Waals surface area (Å²) >= 11 is 1.60. The molecule has 6 rings (SSSR count).